The van der Waals surface area contributed by atoms with E-state index < -0.39 is 0 Å². The van der Waals surface area contributed by atoms with Crippen molar-refractivity contribution >= 4 is 11.4 Å². The van der Waals surface area contributed by atoms with Crippen molar-refractivity contribution in [1.82, 2.24) is 4.90 Å². The number of nitro benzene ring substituents is 1. The van der Waals surface area contributed by atoms with Crippen LogP contribution in [0.3, 0.4) is 0 Å². The van der Waals surface area contributed by atoms with Gasteiger partial charge in [-0.25, -0.2) is 0 Å². The first-order chi connectivity index (χ1) is 9.08. The first-order valence-electron chi connectivity index (χ1n) is 6.74. The summed E-state index contributed by atoms with van der Waals surface area (Å²) in [6.07, 6.45) is 3.53. The Labute approximate surface area is 114 Å². The minimum Gasteiger partial charge on any atom is -0.371 e. The van der Waals surface area contributed by atoms with Crippen molar-refractivity contribution in [1.29, 1.82) is 0 Å². The summed E-state index contributed by atoms with van der Waals surface area (Å²) in [6, 6.07) is 7.53. The average molecular weight is 263 g/mol. The maximum atomic E-state index is 10.6. The molecule has 0 radical (unpaired) electrons. The number of hydrogen-bond donors (Lipinski definition) is 0. The van der Waals surface area contributed by atoms with Crippen LogP contribution in [0.2, 0.25) is 0 Å². The number of anilines is 1. The monoisotopic (exact) mass is 263 g/mol. The Morgan fingerprint density at radius 3 is 2.47 bits per heavy atom. The maximum Gasteiger partial charge on any atom is 0.269 e. The molecule has 1 unspecified atom stereocenters. The van der Waals surface area contributed by atoms with Crippen LogP contribution in [0.4, 0.5) is 11.4 Å². The molecule has 104 valence electrons. The molecule has 1 saturated heterocycles. The zero-order chi connectivity index (χ0) is 13.8. The topological polar surface area (TPSA) is 49.6 Å². The molecule has 0 aliphatic carbocycles. The van der Waals surface area contributed by atoms with E-state index in [0.717, 1.165) is 25.2 Å². The van der Waals surface area contributed by atoms with Gasteiger partial charge in [-0.15, -0.1) is 0 Å². The van der Waals surface area contributed by atoms with Gasteiger partial charge in [0.15, 0.2) is 0 Å². The van der Waals surface area contributed by atoms with Crippen molar-refractivity contribution in [3.8, 4) is 0 Å². The van der Waals surface area contributed by atoms with E-state index in [-0.39, 0.29) is 10.6 Å². The second-order valence-corrected chi connectivity index (χ2v) is 5.31. The molecule has 2 rings (SSSR count). The van der Waals surface area contributed by atoms with Gasteiger partial charge in [-0.1, -0.05) is 0 Å². The van der Waals surface area contributed by atoms with Crippen molar-refractivity contribution in [3.05, 3.63) is 34.4 Å². The lowest BCUT2D eigenvalue weighted by molar-refractivity contribution is -0.384. The number of hydrogen-bond acceptors (Lipinski definition) is 4. The standard InChI is InChI=1S/C14H21N3O2/c1-15(2)12-4-3-10-16(11-9-12)13-5-7-14(8-6-13)17(18)19/h5-8,12H,3-4,9-11H2,1-2H3. The van der Waals surface area contributed by atoms with E-state index in [4.69, 9.17) is 0 Å². The van der Waals surface area contributed by atoms with Crippen molar-refractivity contribution in [2.24, 2.45) is 0 Å². The first-order valence-corrected chi connectivity index (χ1v) is 6.74. The van der Waals surface area contributed by atoms with Crippen LogP contribution in [0.25, 0.3) is 0 Å². The Balaban J connectivity index is 2.03. The molecule has 5 nitrogen and oxygen atoms in total. The molecule has 19 heavy (non-hydrogen) atoms. The number of benzene rings is 1. The summed E-state index contributed by atoms with van der Waals surface area (Å²) in [4.78, 5) is 14.9. The molecule has 1 aliphatic rings. The van der Waals surface area contributed by atoms with Crippen LogP contribution in [0.1, 0.15) is 19.3 Å². The molecule has 0 saturated carbocycles. The number of nitro groups is 1. The Bertz CT molecular complexity index is 431. The minimum atomic E-state index is -0.353. The molecule has 1 aliphatic heterocycles. The van der Waals surface area contributed by atoms with Gasteiger partial charge in [0, 0.05) is 37.0 Å². The van der Waals surface area contributed by atoms with Crippen LogP contribution in [0.15, 0.2) is 24.3 Å². The lowest BCUT2D eigenvalue weighted by Crippen LogP contribution is -2.30. The molecule has 5 heteroatoms. The molecule has 0 N–H and O–H groups in total. The highest BCUT2D eigenvalue weighted by Crippen LogP contribution is 2.23. The van der Waals surface area contributed by atoms with Crippen molar-refractivity contribution in [2.75, 3.05) is 32.1 Å². The largest absolute Gasteiger partial charge is 0.371 e. The molecule has 0 amide bonds. The van der Waals surface area contributed by atoms with Crippen LogP contribution in [-0.4, -0.2) is 43.0 Å². The van der Waals surface area contributed by atoms with Gasteiger partial charge in [-0.05, 0) is 45.5 Å². The van der Waals surface area contributed by atoms with Gasteiger partial charge in [0.25, 0.3) is 5.69 Å². The summed E-state index contributed by atoms with van der Waals surface area (Å²) in [6.45, 7) is 2.04. The normalized spacial score (nSPS) is 20.4. The summed E-state index contributed by atoms with van der Waals surface area (Å²) < 4.78 is 0. The van der Waals surface area contributed by atoms with E-state index in [0.29, 0.717) is 6.04 Å². The highest BCUT2D eigenvalue weighted by atomic mass is 16.6. The van der Waals surface area contributed by atoms with E-state index in [1.807, 2.05) is 12.1 Å². The molecule has 0 aromatic heterocycles. The molecule has 0 bridgehead atoms. The molecular formula is C14H21N3O2. The molecule has 1 aromatic carbocycles. The summed E-state index contributed by atoms with van der Waals surface area (Å²) in [5, 5.41) is 10.6. The van der Waals surface area contributed by atoms with E-state index in [9.17, 15) is 10.1 Å². The highest BCUT2D eigenvalue weighted by Gasteiger charge is 2.18. The molecule has 1 heterocycles. The third-order valence-corrected chi connectivity index (χ3v) is 3.85. The van der Waals surface area contributed by atoms with Crippen LogP contribution < -0.4 is 4.90 Å². The van der Waals surface area contributed by atoms with E-state index in [1.165, 1.54) is 12.8 Å². The van der Waals surface area contributed by atoms with E-state index in [2.05, 4.69) is 23.9 Å². The van der Waals surface area contributed by atoms with Crippen LogP contribution >= 0.6 is 0 Å². The second kappa shape index (κ2) is 6.02. The van der Waals surface area contributed by atoms with Gasteiger partial charge in [-0.2, -0.15) is 0 Å². The SMILES string of the molecule is CN(C)C1CCCN(c2ccc([N+](=O)[O-])cc2)CC1. The quantitative estimate of drug-likeness (QED) is 0.621. The fraction of sp³-hybridized carbons (Fsp3) is 0.571. The third kappa shape index (κ3) is 3.44. The van der Waals surface area contributed by atoms with Crippen molar-refractivity contribution in [3.63, 3.8) is 0 Å². The fourth-order valence-corrected chi connectivity index (χ4v) is 2.64. The lowest BCUT2D eigenvalue weighted by Gasteiger charge is -2.24. The van der Waals surface area contributed by atoms with E-state index >= 15 is 0 Å². The fourth-order valence-electron chi connectivity index (χ4n) is 2.64. The molecule has 1 atom stereocenters. The van der Waals surface area contributed by atoms with Gasteiger partial charge < -0.3 is 9.80 Å². The van der Waals surface area contributed by atoms with Gasteiger partial charge in [0.1, 0.15) is 0 Å². The van der Waals surface area contributed by atoms with Gasteiger partial charge in [0.2, 0.25) is 0 Å². The average Bonchev–Trinajstić information content (AvgIpc) is 2.64. The Morgan fingerprint density at radius 2 is 1.89 bits per heavy atom. The zero-order valence-electron chi connectivity index (χ0n) is 11.6. The minimum absolute atomic E-state index is 0.157. The van der Waals surface area contributed by atoms with Crippen LogP contribution in [-0.2, 0) is 0 Å². The van der Waals surface area contributed by atoms with E-state index in [1.54, 1.807) is 12.1 Å². The molecule has 1 fully saturated rings. The smallest absolute Gasteiger partial charge is 0.269 e. The molecular weight excluding hydrogens is 242 g/mol. The first kappa shape index (κ1) is 13.8. The lowest BCUT2D eigenvalue weighted by atomic mass is 10.1. The summed E-state index contributed by atoms with van der Waals surface area (Å²) in [5.74, 6) is 0. The number of nitrogens with zero attached hydrogens (tertiary/aromatic N) is 3. The summed E-state index contributed by atoms with van der Waals surface area (Å²) in [7, 11) is 4.26. The van der Waals surface area contributed by atoms with Gasteiger partial charge >= 0.3 is 0 Å². The van der Waals surface area contributed by atoms with Crippen molar-refractivity contribution in [2.45, 2.75) is 25.3 Å². The van der Waals surface area contributed by atoms with Crippen LogP contribution in [0.5, 0.6) is 0 Å². The number of rotatable bonds is 3. The number of non-ortho nitro benzene ring substituents is 1. The summed E-state index contributed by atoms with van der Waals surface area (Å²) in [5.41, 5.74) is 1.25. The Hall–Kier alpha value is -1.62. The van der Waals surface area contributed by atoms with Crippen molar-refractivity contribution < 1.29 is 4.92 Å². The van der Waals surface area contributed by atoms with Crippen LogP contribution in [0, 0.1) is 10.1 Å². The predicted molar refractivity (Wildman–Crippen MR) is 76.6 cm³/mol. The predicted octanol–water partition coefficient (Wildman–Crippen LogP) is 2.52. The second-order valence-electron chi connectivity index (χ2n) is 5.31. The summed E-state index contributed by atoms with van der Waals surface area (Å²) >= 11 is 0. The Kier molecular flexibility index (Phi) is 4.37. The van der Waals surface area contributed by atoms with Gasteiger partial charge in [0.05, 0.1) is 4.92 Å². The third-order valence-electron chi connectivity index (χ3n) is 3.85. The maximum absolute atomic E-state index is 10.6. The van der Waals surface area contributed by atoms with Gasteiger partial charge in [-0.3, -0.25) is 10.1 Å². The zero-order valence-corrected chi connectivity index (χ0v) is 11.6. The molecule has 1 aromatic rings. The Morgan fingerprint density at radius 1 is 1.21 bits per heavy atom. The highest BCUT2D eigenvalue weighted by molar-refractivity contribution is 5.50. The molecule has 0 spiro atoms.